The number of benzene rings is 4. The van der Waals surface area contributed by atoms with Gasteiger partial charge in [0.05, 0.1) is 13.2 Å². The number of alkyl halides is 6. The number of hydrogen-bond acceptors (Lipinski definition) is 17. The van der Waals surface area contributed by atoms with Crippen LogP contribution in [0.1, 0.15) is 150 Å². The van der Waals surface area contributed by atoms with Gasteiger partial charge in [0.25, 0.3) is 22.5 Å². The highest BCUT2D eigenvalue weighted by atomic mass is 35.6. The maximum absolute atomic E-state index is 14.0. The molecule has 0 radical (unpaired) electrons. The summed E-state index contributed by atoms with van der Waals surface area (Å²) < 4.78 is 41.6. The summed E-state index contributed by atoms with van der Waals surface area (Å²) in [5.74, 6) is -3.14. The number of alkyl carbamates (subject to hydrolysis) is 2. The largest absolute Gasteiger partial charge is 0.480 e. The molecule has 0 unspecified atom stereocenters. The van der Waals surface area contributed by atoms with Crippen LogP contribution in [0.25, 0.3) is 0 Å². The molecule has 4 aromatic carbocycles. The van der Waals surface area contributed by atoms with E-state index in [0.29, 0.717) is 25.8 Å². The summed E-state index contributed by atoms with van der Waals surface area (Å²) in [5, 5.41) is 21.6. The molecule has 5 amide bonds. The minimum absolute atomic E-state index is 0.147. The number of halogens is 6. The van der Waals surface area contributed by atoms with E-state index in [0.717, 1.165) is 30.8 Å². The van der Waals surface area contributed by atoms with Crippen LogP contribution in [-0.4, -0.2) is 179 Å². The van der Waals surface area contributed by atoms with Gasteiger partial charge in [-0.05, 0) is 140 Å². The van der Waals surface area contributed by atoms with Gasteiger partial charge in [0.15, 0.2) is 12.1 Å². The first-order chi connectivity index (χ1) is 47.3. The zero-order valence-corrected chi connectivity index (χ0v) is 68.6. The first-order valence-electron chi connectivity index (χ1n) is 33.6. The third kappa shape index (κ3) is 28.6. The van der Waals surface area contributed by atoms with Crippen LogP contribution in [-0.2, 0) is 56.5 Å². The number of ether oxygens (including phenoxy) is 6. The maximum atomic E-state index is 14.0. The Kier molecular flexibility index (Phi) is 32.4. The first kappa shape index (κ1) is 89.3. The number of hydrogen-bond donors (Lipinski definition) is 4. The molecule has 0 saturated carbocycles. The summed E-state index contributed by atoms with van der Waals surface area (Å²) in [6.45, 7) is 32.4. The molecule has 0 aromatic heterocycles. The Balaban J connectivity index is 0.000000339. The van der Waals surface area contributed by atoms with E-state index < -0.39 is 132 Å². The fourth-order valence-electron chi connectivity index (χ4n) is 11.1. The zero-order chi connectivity index (χ0) is 78.0. The quantitative estimate of drug-likeness (QED) is 0.0312. The lowest BCUT2D eigenvalue weighted by Crippen LogP contribution is -2.68. The van der Waals surface area contributed by atoms with Gasteiger partial charge in [-0.15, -0.1) is 0 Å². The Labute approximate surface area is 638 Å². The Morgan fingerprint density at radius 1 is 0.476 bits per heavy atom. The number of carboxylic acids is 1. The van der Waals surface area contributed by atoms with E-state index in [1.807, 2.05) is 121 Å². The normalized spacial score (nSPS) is 16.3. The van der Waals surface area contributed by atoms with E-state index in [-0.39, 0.29) is 36.3 Å². The van der Waals surface area contributed by atoms with Gasteiger partial charge in [-0.2, -0.15) is 5.01 Å². The number of esters is 2. The monoisotopic (exact) mass is 1590 g/mol. The van der Waals surface area contributed by atoms with Crippen LogP contribution in [0.2, 0.25) is 10.1 Å². The number of hydrazine groups is 2. The standard InChI is InChI=1S/C31H42Cl3N3O6Si.C24H33NO5Si.C17H27Cl3N2O6/c1-29(2,3)43-28(40)35-25(26(38)37-19-13-18-24(36-37)27(39)41-21-31(32,33)34)20-42-44(30(4,5)6,22-14-9-7-10-15-22)23-16-11-8-12-17-23;1-23(2,3)30-22(28)25-20(21(26)27)17-29-31(24(4,5)6,18-13-9-7-10-14-18)19-15-11-8-12-16-19;1-15(2,3)27-13(24)21-9-7-8-11(12(23)26-10-17(18,19)20)22(21)14(25)28-16(4,5)6/h7-12,14-17,24-25,36H,13,18-21H2,1-6H3,(H,35,40);7-16,20H,17H2,1-6H3,(H,25,28)(H,26,27);11H,7-10H2,1-6H3/t24-,25-;20-;11-/m000/s1. The lowest BCUT2D eigenvalue weighted by Gasteiger charge is -2.44. The van der Waals surface area contributed by atoms with Crippen molar-refractivity contribution < 1.29 is 80.7 Å². The molecule has 572 valence electrons. The Hall–Kier alpha value is -6.11. The van der Waals surface area contributed by atoms with Crippen molar-refractivity contribution in [2.75, 3.05) is 39.5 Å². The van der Waals surface area contributed by atoms with E-state index in [1.54, 1.807) is 83.1 Å². The predicted octanol–water partition coefficient (Wildman–Crippen LogP) is 12.9. The maximum Gasteiger partial charge on any atom is 0.430 e. The summed E-state index contributed by atoms with van der Waals surface area (Å²) in [7, 11) is -5.97. The van der Waals surface area contributed by atoms with Gasteiger partial charge in [-0.1, -0.05) is 232 Å². The molecule has 31 heteroatoms. The van der Waals surface area contributed by atoms with Crippen LogP contribution < -0.4 is 36.8 Å². The molecule has 0 bridgehead atoms. The van der Waals surface area contributed by atoms with Crippen molar-refractivity contribution in [1.82, 2.24) is 31.1 Å². The summed E-state index contributed by atoms with van der Waals surface area (Å²) in [5.41, 5.74) is -0.238. The molecular weight excluding hydrogens is 1490 g/mol. The van der Waals surface area contributed by atoms with Crippen LogP contribution in [0.15, 0.2) is 121 Å². The average Bonchev–Trinajstić information content (AvgIpc) is 0.754. The highest BCUT2D eigenvalue weighted by Gasteiger charge is 2.53. The van der Waals surface area contributed by atoms with Gasteiger partial charge < -0.3 is 53.0 Å². The van der Waals surface area contributed by atoms with Crippen LogP contribution >= 0.6 is 69.6 Å². The molecular formula is C72H102Cl6N6O17Si2. The van der Waals surface area contributed by atoms with E-state index in [4.69, 9.17) is 107 Å². The Bertz CT molecular complexity index is 3350. The topological polar surface area (TPSA) is 276 Å². The van der Waals surface area contributed by atoms with E-state index >= 15 is 0 Å². The molecule has 2 aliphatic rings. The molecule has 6 rings (SSSR count). The second-order valence-corrected chi connectivity index (χ2v) is 44.2. The van der Waals surface area contributed by atoms with Crippen molar-refractivity contribution >= 4 is 155 Å². The van der Waals surface area contributed by atoms with Crippen LogP contribution in [0.3, 0.4) is 0 Å². The third-order valence-corrected chi connectivity index (χ3v) is 25.8. The average molecular weight is 1590 g/mol. The number of carbonyl (C=O) groups is 8. The Morgan fingerprint density at radius 2 is 0.816 bits per heavy atom. The molecule has 0 aliphatic carbocycles. The molecule has 2 heterocycles. The number of nitrogens with zero attached hydrogens (tertiary/aromatic N) is 3. The third-order valence-electron chi connectivity index (χ3n) is 15.1. The summed E-state index contributed by atoms with van der Waals surface area (Å²) >= 11 is 34.0. The molecule has 2 saturated heterocycles. The summed E-state index contributed by atoms with van der Waals surface area (Å²) in [6.07, 6.45) is -1.62. The minimum Gasteiger partial charge on any atom is -0.480 e. The lowest BCUT2D eigenvalue weighted by atomic mass is 10.1. The van der Waals surface area contributed by atoms with E-state index in [2.05, 4.69) is 57.6 Å². The molecule has 4 atom stereocenters. The molecule has 103 heavy (non-hydrogen) atoms. The zero-order valence-electron chi connectivity index (χ0n) is 62.0. The van der Waals surface area contributed by atoms with Crippen molar-refractivity contribution in [1.29, 1.82) is 0 Å². The summed E-state index contributed by atoms with van der Waals surface area (Å²) in [4.78, 5) is 102. The predicted molar refractivity (Wildman–Crippen MR) is 406 cm³/mol. The molecule has 4 aromatic rings. The van der Waals surface area contributed by atoms with Crippen LogP contribution in [0, 0.1) is 0 Å². The van der Waals surface area contributed by atoms with Crippen molar-refractivity contribution in [2.24, 2.45) is 0 Å². The van der Waals surface area contributed by atoms with E-state index in [9.17, 15) is 43.5 Å². The van der Waals surface area contributed by atoms with Crippen molar-refractivity contribution in [2.45, 2.75) is 215 Å². The van der Waals surface area contributed by atoms with Crippen molar-refractivity contribution in [3.8, 4) is 0 Å². The van der Waals surface area contributed by atoms with Gasteiger partial charge in [0.2, 0.25) is 7.59 Å². The molecule has 2 aliphatic heterocycles. The van der Waals surface area contributed by atoms with Crippen LogP contribution in [0.4, 0.5) is 19.2 Å². The highest BCUT2D eigenvalue weighted by Crippen LogP contribution is 2.39. The van der Waals surface area contributed by atoms with Gasteiger partial charge in [-0.25, -0.2) is 39.2 Å². The highest BCUT2D eigenvalue weighted by molar-refractivity contribution is 7.00. The first-order valence-corrected chi connectivity index (χ1v) is 39.7. The van der Waals surface area contributed by atoms with Gasteiger partial charge >= 0.3 is 42.3 Å². The SMILES string of the molecule is CC(C)(C)OC(=O)N1CCC[C@@H](C(=O)OCC(Cl)(Cl)Cl)N1C(=O)OC(C)(C)C.CC(C)(C)OC(=O)N[C@@H](CO[Si](c1ccccc1)(c1ccccc1)C(C)(C)C)C(=O)N1CCC[C@@H](C(=O)OCC(Cl)(Cl)Cl)N1.CC(C)(C)OC(=O)N[C@@H](CO[Si](c1ccccc1)(c1ccccc1)C(C)(C)C)C(=O)O. The van der Waals surface area contributed by atoms with Gasteiger partial charge in [-0.3, -0.25) is 14.6 Å². The number of nitrogens with one attached hydrogen (secondary N) is 3. The summed E-state index contributed by atoms with van der Waals surface area (Å²) in [6, 6.07) is 35.4. The second-order valence-electron chi connectivity index (χ2n) is 30.5. The number of rotatable bonds is 18. The number of aliphatic carboxylic acids is 1. The van der Waals surface area contributed by atoms with Crippen molar-refractivity contribution in [3.63, 3.8) is 0 Å². The molecule has 23 nitrogen and oxygen atoms in total. The minimum atomic E-state index is -3.06. The van der Waals surface area contributed by atoms with E-state index in [1.165, 1.54) is 5.01 Å². The van der Waals surface area contributed by atoms with Crippen molar-refractivity contribution in [3.05, 3.63) is 121 Å². The van der Waals surface area contributed by atoms with Crippen LogP contribution in [0.5, 0.6) is 0 Å². The molecule has 0 spiro atoms. The number of carbonyl (C=O) groups excluding carboxylic acids is 7. The smallest absolute Gasteiger partial charge is 0.430 e. The number of amides is 5. The van der Waals surface area contributed by atoms with Gasteiger partial charge in [0, 0.05) is 13.1 Å². The molecule has 2 fully saturated rings. The lowest BCUT2D eigenvalue weighted by molar-refractivity contribution is -0.161. The Morgan fingerprint density at radius 3 is 1.17 bits per heavy atom. The number of carboxylic acid groups (broad SMARTS) is 1. The fraction of sp³-hybridized carbons (Fsp3) is 0.556. The fourth-order valence-corrected chi connectivity index (χ4v) is 20.5. The second kappa shape index (κ2) is 37.4. The molecule has 4 N–H and O–H groups in total. The van der Waals surface area contributed by atoms with Gasteiger partial charge in [0.1, 0.15) is 47.7 Å².